The van der Waals surface area contributed by atoms with Crippen LogP contribution >= 0.6 is 27.3 Å². The molecule has 2 heterocycles. The highest BCUT2D eigenvalue weighted by atomic mass is 79.9. The lowest BCUT2D eigenvalue weighted by atomic mass is 10.2. The van der Waals surface area contributed by atoms with Crippen molar-refractivity contribution in [1.82, 2.24) is 9.71 Å². The minimum Gasteiger partial charge on any atom is -0.481 e. The van der Waals surface area contributed by atoms with Crippen molar-refractivity contribution in [2.75, 3.05) is 13.2 Å². The Morgan fingerprint density at radius 1 is 1.20 bits per heavy atom. The van der Waals surface area contributed by atoms with Crippen LogP contribution in [0.5, 0.6) is 5.75 Å². The molecule has 0 amide bonds. The molecule has 3 rings (SSSR count). The summed E-state index contributed by atoms with van der Waals surface area (Å²) >= 11 is 4.39. The topological polar surface area (TPSA) is 68.3 Å². The summed E-state index contributed by atoms with van der Waals surface area (Å²) in [5, 5.41) is 1.04. The first-order valence-corrected chi connectivity index (χ1v) is 10.3. The maximum Gasteiger partial charge on any atom is 0.250 e. The summed E-state index contributed by atoms with van der Waals surface area (Å²) in [7, 11) is -3.52. The van der Waals surface area contributed by atoms with E-state index >= 15 is 0 Å². The molecule has 0 radical (unpaired) electrons. The molecule has 0 bridgehead atoms. The number of ether oxygens (including phenoxy) is 1. The van der Waals surface area contributed by atoms with Gasteiger partial charge in [0.15, 0.2) is 0 Å². The first kappa shape index (κ1) is 17.9. The predicted octanol–water partition coefficient (Wildman–Crippen LogP) is 3.42. The molecular weight excluding hydrogens is 424 g/mol. The summed E-state index contributed by atoms with van der Waals surface area (Å²) in [4.78, 5) is 4.26. The van der Waals surface area contributed by atoms with Crippen LogP contribution in [0, 0.1) is 11.8 Å². The fraction of sp³-hybridized carbons (Fsp3) is 0.118. The van der Waals surface area contributed by atoms with Crippen LogP contribution in [0.3, 0.4) is 0 Å². The van der Waals surface area contributed by atoms with Crippen LogP contribution in [0.15, 0.2) is 56.7 Å². The molecule has 0 aliphatic carbocycles. The number of benzene rings is 1. The van der Waals surface area contributed by atoms with Crippen molar-refractivity contribution in [3.05, 3.63) is 52.4 Å². The van der Waals surface area contributed by atoms with Crippen LogP contribution in [-0.4, -0.2) is 26.6 Å². The highest BCUT2D eigenvalue weighted by Gasteiger charge is 2.14. The first-order chi connectivity index (χ1) is 12.0. The number of pyridine rings is 1. The van der Waals surface area contributed by atoms with Crippen molar-refractivity contribution in [3.63, 3.8) is 0 Å². The summed E-state index contributed by atoms with van der Waals surface area (Å²) < 4.78 is 33.0. The van der Waals surface area contributed by atoms with E-state index in [4.69, 9.17) is 4.74 Å². The highest BCUT2D eigenvalue weighted by Crippen LogP contribution is 2.25. The third kappa shape index (κ3) is 4.80. The fourth-order valence-corrected chi connectivity index (χ4v) is 4.99. The number of nitrogens with zero attached hydrogens (tertiary/aromatic N) is 1. The Balaban J connectivity index is 1.51. The van der Waals surface area contributed by atoms with E-state index < -0.39 is 10.0 Å². The number of nitrogens with one attached hydrogen (secondary N) is 1. The zero-order valence-electron chi connectivity index (χ0n) is 12.9. The molecule has 0 saturated carbocycles. The van der Waals surface area contributed by atoms with Crippen molar-refractivity contribution in [1.29, 1.82) is 0 Å². The largest absolute Gasteiger partial charge is 0.481 e. The van der Waals surface area contributed by atoms with Crippen molar-refractivity contribution >= 4 is 48.2 Å². The zero-order chi connectivity index (χ0) is 17.7. The third-order valence-corrected chi connectivity index (χ3v) is 6.69. The molecule has 0 atom stereocenters. The Kier molecular flexibility index (Phi) is 5.71. The second-order valence-corrected chi connectivity index (χ2v) is 9.34. The average molecular weight is 437 g/mol. The van der Waals surface area contributed by atoms with Crippen LogP contribution in [-0.2, 0) is 10.0 Å². The fourth-order valence-electron chi connectivity index (χ4n) is 2.01. The maximum atomic E-state index is 12.0. The third-order valence-electron chi connectivity index (χ3n) is 3.18. The van der Waals surface area contributed by atoms with Crippen molar-refractivity contribution in [3.8, 4) is 17.6 Å². The lowest BCUT2D eigenvalue weighted by molar-refractivity contribution is 0.370. The van der Waals surface area contributed by atoms with Gasteiger partial charge in [-0.3, -0.25) is 4.98 Å². The van der Waals surface area contributed by atoms with Gasteiger partial charge in [0, 0.05) is 17.6 Å². The van der Waals surface area contributed by atoms with Gasteiger partial charge in [0.05, 0.1) is 15.8 Å². The summed E-state index contributed by atoms with van der Waals surface area (Å²) in [6.07, 6.45) is 1.73. The molecule has 1 aromatic carbocycles. The lowest BCUT2D eigenvalue weighted by Crippen LogP contribution is -2.23. The summed E-state index contributed by atoms with van der Waals surface area (Å²) in [5.74, 6) is 6.19. The molecule has 3 aromatic rings. The molecule has 5 nitrogen and oxygen atoms in total. The smallest absolute Gasteiger partial charge is 0.250 e. The Morgan fingerprint density at radius 2 is 2.08 bits per heavy atom. The van der Waals surface area contributed by atoms with E-state index in [0.717, 1.165) is 26.0 Å². The monoisotopic (exact) mass is 436 g/mol. The van der Waals surface area contributed by atoms with Gasteiger partial charge in [0.25, 0.3) is 10.0 Å². The number of sulfonamides is 1. The van der Waals surface area contributed by atoms with Gasteiger partial charge in [-0.25, -0.2) is 8.42 Å². The molecular formula is C17H13BrN2O3S2. The molecule has 25 heavy (non-hydrogen) atoms. The lowest BCUT2D eigenvalue weighted by Gasteiger charge is -2.03. The van der Waals surface area contributed by atoms with E-state index in [1.54, 1.807) is 18.3 Å². The molecule has 0 unspecified atom stereocenters. The second kappa shape index (κ2) is 7.97. The van der Waals surface area contributed by atoms with Crippen LogP contribution in [0.25, 0.3) is 10.9 Å². The quantitative estimate of drug-likeness (QED) is 0.622. The SMILES string of the molecule is O=S(=O)(NCC#CCOc1ccc2cccnc2c1)c1ccc(Br)s1. The number of thiophene rings is 1. The average Bonchev–Trinajstić information content (AvgIpc) is 3.05. The van der Waals surface area contributed by atoms with Crippen LogP contribution in [0.4, 0.5) is 0 Å². The van der Waals surface area contributed by atoms with Gasteiger partial charge < -0.3 is 4.74 Å². The molecule has 2 aromatic heterocycles. The molecule has 0 fully saturated rings. The Labute approximate surface area is 158 Å². The summed E-state index contributed by atoms with van der Waals surface area (Å²) in [6, 6.07) is 12.7. The predicted molar refractivity (Wildman–Crippen MR) is 102 cm³/mol. The van der Waals surface area contributed by atoms with Crippen molar-refractivity contribution in [2.24, 2.45) is 0 Å². The Bertz CT molecular complexity index is 1050. The van der Waals surface area contributed by atoms with Gasteiger partial charge in [-0.15, -0.1) is 11.3 Å². The maximum absolute atomic E-state index is 12.0. The normalized spacial score (nSPS) is 11.1. The molecule has 0 saturated heterocycles. The Morgan fingerprint density at radius 3 is 2.88 bits per heavy atom. The standard InChI is InChI=1S/C17H13BrN2O3S2/c18-16-7-8-17(24-16)25(21,22)20-10-1-2-11-23-14-6-5-13-4-3-9-19-15(13)12-14/h3-9,12,20H,10-11H2. The van der Waals surface area contributed by atoms with Gasteiger partial charge in [0.1, 0.15) is 16.6 Å². The van der Waals surface area contributed by atoms with Gasteiger partial charge in [-0.05, 0) is 46.3 Å². The molecule has 0 spiro atoms. The number of hydrogen-bond acceptors (Lipinski definition) is 5. The zero-order valence-corrected chi connectivity index (χ0v) is 16.1. The second-order valence-electron chi connectivity index (χ2n) is 4.88. The molecule has 128 valence electrons. The minimum absolute atomic E-state index is 0.0283. The van der Waals surface area contributed by atoms with E-state index in [1.807, 2.05) is 30.3 Å². The van der Waals surface area contributed by atoms with Crippen LogP contribution in [0.1, 0.15) is 0 Å². The molecule has 0 aliphatic heterocycles. The minimum atomic E-state index is -3.52. The van der Waals surface area contributed by atoms with E-state index in [0.29, 0.717) is 5.75 Å². The molecule has 1 N–H and O–H groups in total. The number of aromatic nitrogens is 1. The van der Waals surface area contributed by atoms with E-state index in [-0.39, 0.29) is 17.4 Å². The van der Waals surface area contributed by atoms with E-state index in [2.05, 4.69) is 37.5 Å². The number of hydrogen-bond donors (Lipinski definition) is 1. The number of fused-ring (bicyclic) bond motifs is 1. The van der Waals surface area contributed by atoms with Crippen molar-refractivity contribution < 1.29 is 13.2 Å². The van der Waals surface area contributed by atoms with Gasteiger partial charge in [0.2, 0.25) is 0 Å². The number of halogens is 1. The van der Waals surface area contributed by atoms with Crippen LogP contribution < -0.4 is 9.46 Å². The van der Waals surface area contributed by atoms with Gasteiger partial charge in [-0.2, -0.15) is 4.72 Å². The summed E-state index contributed by atoms with van der Waals surface area (Å²) in [6.45, 7) is 0.200. The first-order valence-electron chi connectivity index (χ1n) is 7.23. The van der Waals surface area contributed by atoms with E-state index in [1.165, 1.54) is 0 Å². The summed E-state index contributed by atoms with van der Waals surface area (Å²) in [5.41, 5.74) is 0.850. The highest BCUT2D eigenvalue weighted by molar-refractivity contribution is 9.11. The van der Waals surface area contributed by atoms with Gasteiger partial charge in [-0.1, -0.05) is 17.9 Å². The van der Waals surface area contributed by atoms with Crippen LogP contribution in [0.2, 0.25) is 0 Å². The van der Waals surface area contributed by atoms with E-state index in [9.17, 15) is 8.42 Å². The molecule has 0 aliphatic rings. The molecule has 8 heteroatoms. The number of rotatable bonds is 5. The Hall–Kier alpha value is -1.92. The van der Waals surface area contributed by atoms with Gasteiger partial charge >= 0.3 is 0 Å². The van der Waals surface area contributed by atoms with Crippen molar-refractivity contribution in [2.45, 2.75) is 4.21 Å².